The maximum absolute atomic E-state index is 12.2. The standard InChI is InChI=1S/C18H20ClN3O2S/c19-15-2-4-16(5-3-15)21-18(23)14-1-6-17(20-13-14)25-12-9-22-7-10-24-11-8-22/h1-6,13H,7-12H2,(H,21,23). The molecule has 2 heterocycles. The zero-order valence-electron chi connectivity index (χ0n) is 13.8. The second-order valence-corrected chi connectivity index (χ2v) is 7.20. The Morgan fingerprint density at radius 2 is 1.96 bits per heavy atom. The molecule has 1 aliphatic heterocycles. The number of carbonyl (C=O) groups excluding carboxylic acids is 1. The largest absolute Gasteiger partial charge is 0.379 e. The summed E-state index contributed by atoms with van der Waals surface area (Å²) in [6.07, 6.45) is 1.61. The lowest BCUT2D eigenvalue weighted by molar-refractivity contribution is 0.0410. The third kappa shape index (κ3) is 5.71. The van der Waals surface area contributed by atoms with Gasteiger partial charge in [0.15, 0.2) is 0 Å². The van der Waals surface area contributed by atoms with E-state index in [1.54, 1.807) is 48.3 Å². The number of hydrogen-bond donors (Lipinski definition) is 1. The number of anilines is 1. The van der Waals surface area contributed by atoms with E-state index in [1.807, 2.05) is 6.07 Å². The number of nitrogens with one attached hydrogen (secondary N) is 1. The summed E-state index contributed by atoms with van der Waals surface area (Å²) in [5.41, 5.74) is 1.24. The van der Waals surface area contributed by atoms with Crippen molar-refractivity contribution in [2.45, 2.75) is 5.03 Å². The molecule has 132 valence electrons. The Morgan fingerprint density at radius 3 is 2.64 bits per heavy atom. The summed E-state index contributed by atoms with van der Waals surface area (Å²) in [5.74, 6) is 0.795. The molecule has 0 radical (unpaired) electrons. The number of ether oxygens (including phenoxy) is 1. The van der Waals surface area contributed by atoms with Gasteiger partial charge in [-0.3, -0.25) is 9.69 Å². The first-order valence-electron chi connectivity index (χ1n) is 8.16. The number of amides is 1. The SMILES string of the molecule is O=C(Nc1ccc(Cl)cc1)c1ccc(SCCN2CCOCC2)nc1. The first-order chi connectivity index (χ1) is 12.2. The highest BCUT2D eigenvalue weighted by molar-refractivity contribution is 7.99. The van der Waals surface area contributed by atoms with Crippen LogP contribution >= 0.6 is 23.4 Å². The molecule has 1 aromatic heterocycles. The number of benzene rings is 1. The lowest BCUT2D eigenvalue weighted by Gasteiger charge is -2.26. The highest BCUT2D eigenvalue weighted by Gasteiger charge is 2.10. The first kappa shape index (κ1) is 18.2. The molecule has 1 saturated heterocycles. The normalized spacial score (nSPS) is 15.1. The van der Waals surface area contributed by atoms with Crippen molar-refractivity contribution in [3.8, 4) is 0 Å². The van der Waals surface area contributed by atoms with Crippen molar-refractivity contribution in [1.82, 2.24) is 9.88 Å². The van der Waals surface area contributed by atoms with Gasteiger partial charge in [0.2, 0.25) is 0 Å². The van der Waals surface area contributed by atoms with Gasteiger partial charge in [0.05, 0.1) is 23.8 Å². The Balaban J connectivity index is 1.47. The molecule has 1 amide bonds. The Bertz CT molecular complexity index is 688. The fraction of sp³-hybridized carbons (Fsp3) is 0.333. The van der Waals surface area contributed by atoms with Gasteiger partial charge in [0.25, 0.3) is 5.91 Å². The van der Waals surface area contributed by atoms with Crippen molar-refractivity contribution in [2.24, 2.45) is 0 Å². The van der Waals surface area contributed by atoms with Gasteiger partial charge in [-0.2, -0.15) is 0 Å². The quantitative estimate of drug-likeness (QED) is 0.782. The third-order valence-electron chi connectivity index (χ3n) is 3.86. The number of morpholine rings is 1. The van der Waals surface area contributed by atoms with Gasteiger partial charge in [0.1, 0.15) is 0 Å². The van der Waals surface area contributed by atoms with Crippen LogP contribution in [0.2, 0.25) is 5.02 Å². The molecule has 1 aliphatic rings. The van der Waals surface area contributed by atoms with Crippen LogP contribution in [0.25, 0.3) is 0 Å². The maximum atomic E-state index is 12.2. The summed E-state index contributed by atoms with van der Waals surface area (Å²) in [6.45, 7) is 4.66. The molecule has 1 aromatic carbocycles. The van der Waals surface area contributed by atoms with Crippen molar-refractivity contribution in [1.29, 1.82) is 0 Å². The molecular formula is C18H20ClN3O2S. The Labute approximate surface area is 156 Å². The monoisotopic (exact) mass is 377 g/mol. The van der Waals surface area contributed by atoms with Crippen molar-refractivity contribution < 1.29 is 9.53 Å². The number of halogens is 1. The van der Waals surface area contributed by atoms with Crippen molar-refractivity contribution >= 4 is 35.0 Å². The summed E-state index contributed by atoms with van der Waals surface area (Å²) in [6, 6.07) is 10.7. The highest BCUT2D eigenvalue weighted by Crippen LogP contribution is 2.17. The molecule has 0 saturated carbocycles. The third-order valence-corrected chi connectivity index (χ3v) is 5.04. The molecule has 0 atom stereocenters. The number of carbonyl (C=O) groups is 1. The van der Waals surface area contributed by atoms with Crippen LogP contribution in [0.5, 0.6) is 0 Å². The second kappa shape index (κ2) is 9.20. The van der Waals surface area contributed by atoms with Crippen molar-refractivity contribution in [3.63, 3.8) is 0 Å². The van der Waals surface area contributed by atoms with E-state index in [9.17, 15) is 4.79 Å². The van der Waals surface area contributed by atoms with Crippen LogP contribution in [0.3, 0.4) is 0 Å². The molecule has 3 rings (SSSR count). The van der Waals surface area contributed by atoms with Crippen LogP contribution in [0.1, 0.15) is 10.4 Å². The second-order valence-electron chi connectivity index (χ2n) is 5.65. The molecule has 1 N–H and O–H groups in total. The minimum absolute atomic E-state index is 0.181. The summed E-state index contributed by atoms with van der Waals surface area (Å²) in [7, 11) is 0. The molecule has 0 unspecified atom stereocenters. The molecule has 7 heteroatoms. The Morgan fingerprint density at radius 1 is 1.20 bits per heavy atom. The number of aromatic nitrogens is 1. The van der Waals surface area contributed by atoms with E-state index in [2.05, 4.69) is 15.2 Å². The smallest absolute Gasteiger partial charge is 0.257 e. The number of pyridine rings is 1. The van der Waals surface area contributed by atoms with Crippen LogP contribution in [-0.4, -0.2) is 54.4 Å². The number of hydrogen-bond acceptors (Lipinski definition) is 5. The molecule has 1 fully saturated rings. The van der Waals surface area contributed by atoms with Gasteiger partial charge in [-0.05, 0) is 36.4 Å². The fourth-order valence-corrected chi connectivity index (χ4v) is 3.42. The van der Waals surface area contributed by atoms with E-state index in [0.29, 0.717) is 16.3 Å². The van der Waals surface area contributed by atoms with E-state index in [0.717, 1.165) is 43.6 Å². The van der Waals surface area contributed by atoms with Gasteiger partial charge in [0, 0.05) is 42.3 Å². The molecule has 0 bridgehead atoms. The molecule has 2 aromatic rings. The van der Waals surface area contributed by atoms with E-state index in [-0.39, 0.29) is 5.91 Å². The number of nitrogens with zero attached hydrogens (tertiary/aromatic N) is 2. The van der Waals surface area contributed by atoms with Gasteiger partial charge in [-0.15, -0.1) is 11.8 Å². The topological polar surface area (TPSA) is 54.5 Å². The molecule has 25 heavy (non-hydrogen) atoms. The predicted molar refractivity (Wildman–Crippen MR) is 102 cm³/mol. The molecular weight excluding hydrogens is 358 g/mol. The van der Waals surface area contributed by atoms with Crippen LogP contribution < -0.4 is 5.32 Å². The molecule has 0 spiro atoms. The minimum atomic E-state index is -0.181. The average Bonchev–Trinajstić information content (AvgIpc) is 2.65. The van der Waals surface area contributed by atoms with E-state index in [4.69, 9.17) is 16.3 Å². The highest BCUT2D eigenvalue weighted by atomic mass is 35.5. The van der Waals surface area contributed by atoms with Crippen LogP contribution in [0.15, 0.2) is 47.6 Å². The summed E-state index contributed by atoms with van der Waals surface area (Å²) in [4.78, 5) is 19.0. The molecule has 5 nitrogen and oxygen atoms in total. The maximum Gasteiger partial charge on any atom is 0.257 e. The summed E-state index contributed by atoms with van der Waals surface area (Å²) in [5, 5.41) is 4.39. The lowest BCUT2D eigenvalue weighted by Crippen LogP contribution is -2.37. The van der Waals surface area contributed by atoms with E-state index >= 15 is 0 Å². The van der Waals surface area contributed by atoms with Gasteiger partial charge in [-0.1, -0.05) is 11.6 Å². The molecule has 0 aliphatic carbocycles. The van der Waals surface area contributed by atoms with Crippen LogP contribution in [-0.2, 0) is 4.74 Å². The van der Waals surface area contributed by atoms with Crippen LogP contribution in [0, 0.1) is 0 Å². The number of rotatable bonds is 6. The summed E-state index contributed by atoms with van der Waals surface area (Å²) < 4.78 is 5.34. The zero-order chi connectivity index (χ0) is 17.5. The number of thioether (sulfide) groups is 1. The fourth-order valence-electron chi connectivity index (χ4n) is 2.44. The Hall–Kier alpha value is -1.60. The van der Waals surface area contributed by atoms with Gasteiger partial charge in [-0.25, -0.2) is 4.98 Å². The predicted octanol–water partition coefficient (Wildman–Crippen LogP) is 3.41. The van der Waals surface area contributed by atoms with Crippen LogP contribution in [0.4, 0.5) is 5.69 Å². The zero-order valence-corrected chi connectivity index (χ0v) is 15.4. The van der Waals surface area contributed by atoms with Crippen molar-refractivity contribution in [3.05, 3.63) is 53.2 Å². The van der Waals surface area contributed by atoms with E-state index in [1.165, 1.54) is 0 Å². The van der Waals surface area contributed by atoms with Gasteiger partial charge < -0.3 is 10.1 Å². The summed E-state index contributed by atoms with van der Waals surface area (Å²) >= 11 is 7.54. The average molecular weight is 378 g/mol. The van der Waals surface area contributed by atoms with Gasteiger partial charge >= 0.3 is 0 Å². The Kier molecular flexibility index (Phi) is 6.69. The van der Waals surface area contributed by atoms with E-state index < -0.39 is 0 Å². The lowest BCUT2D eigenvalue weighted by atomic mass is 10.2. The van der Waals surface area contributed by atoms with Crippen molar-refractivity contribution in [2.75, 3.05) is 43.9 Å². The first-order valence-corrected chi connectivity index (χ1v) is 9.53. The minimum Gasteiger partial charge on any atom is -0.379 e.